The summed E-state index contributed by atoms with van der Waals surface area (Å²) in [5, 5.41) is 11.6. The van der Waals surface area contributed by atoms with Crippen LogP contribution in [0.5, 0.6) is 5.75 Å². The molecule has 1 amide bonds. The molecule has 1 N–H and O–H groups in total. The summed E-state index contributed by atoms with van der Waals surface area (Å²) in [5.41, 5.74) is 9.47. The van der Waals surface area contributed by atoms with Crippen LogP contribution in [0.4, 0.5) is 0 Å². The summed E-state index contributed by atoms with van der Waals surface area (Å²) in [6, 6.07) is 15.6. The Morgan fingerprint density at radius 3 is 2.11 bits per heavy atom. The molecule has 0 unspecified atom stereocenters. The summed E-state index contributed by atoms with van der Waals surface area (Å²) in [5.74, 6) is -0.222. The van der Waals surface area contributed by atoms with E-state index in [1.807, 2.05) is 13.0 Å². The maximum Gasteiger partial charge on any atom is 0.249 e. The van der Waals surface area contributed by atoms with E-state index in [1.54, 1.807) is 48.5 Å². The van der Waals surface area contributed by atoms with Gasteiger partial charge in [-0.25, -0.2) is 0 Å². The summed E-state index contributed by atoms with van der Waals surface area (Å²) < 4.78 is 0. The second-order valence-electron chi connectivity index (χ2n) is 3.70. The third kappa shape index (κ3) is 5.39. The van der Waals surface area contributed by atoms with Crippen molar-refractivity contribution in [3.8, 4) is 5.75 Å². The Labute approximate surface area is 110 Å². The maximum atomic E-state index is 10.9. The van der Waals surface area contributed by atoms with Gasteiger partial charge >= 0.3 is 0 Å². The minimum absolute atomic E-state index is 0.322. The SMILES string of the molecule is Cc1ccc(C(=O)N=[N+]=[N-])cc1.Oc1ccccc1. The molecule has 0 aliphatic heterocycles. The number of phenols is 1. The quantitative estimate of drug-likeness (QED) is 0.476. The molecule has 0 atom stereocenters. The van der Waals surface area contributed by atoms with Gasteiger partial charge < -0.3 is 5.11 Å². The summed E-state index contributed by atoms with van der Waals surface area (Å²) in [6.45, 7) is 1.92. The van der Waals surface area contributed by atoms with Gasteiger partial charge in [-0.15, -0.1) is 0 Å². The van der Waals surface area contributed by atoms with Crippen LogP contribution in [0.25, 0.3) is 10.4 Å². The highest BCUT2D eigenvalue weighted by atomic mass is 16.3. The van der Waals surface area contributed by atoms with Gasteiger partial charge in [-0.3, -0.25) is 4.79 Å². The smallest absolute Gasteiger partial charge is 0.249 e. The molecular formula is C14H13N3O2. The first-order valence-electron chi connectivity index (χ1n) is 5.53. The van der Waals surface area contributed by atoms with Gasteiger partial charge in [0.1, 0.15) is 5.75 Å². The van der Waals surface area contributed by atoms with E-state index in [2.05, 4.69) is 10.0 Å². The zero-order valence-corrected chi connectivity index (χ0v) is 10.4. The van der Waals surface area contributed by atoms with E-state index in [0.29, 0.717) is 11.3 Å². The van der Waals surface area contributed by atoms with Gasteiger partial charge in [0.15, 0.2) is 0 Å². The largest absolute Gasteiger partial charge is 0.508 e. The van der Waals surface area contributed by atoms with E-state index in [4.69, 9.17) is 10.6 Å². The molecule has 0 aromatic heterocycles. The molecule has 0 bridgehead atoms. The average molecular weight is 255 g/mol. The zero-order chi connectivity index (χ0) is 14.1. The Bertz CT molecular complexity index is 573. The monoisotopic (exact) mass is 255 g/mol. The highest BCUT2D eigenvalue weighted by Crippen LogP contribution is 2.04. The van der Waals surface area contributed by atoms with Crippen molar-refractivity contribution in [3.05, 3.63) is 76.2 Å². The lowest BCUT2D eigenvalue weighted by Crippen LogP contribution is -1.91. The number of hydrogen-bond acceptors (Lipinski definition) is 2. The molecule has 96 valence electrons. The molecule has 2 aromatic carbocycles. The molecule has 5 nitrogen and oxygen atoms in total. The second-order valence-corrected chi connectivity index (χ2v) is 3.70. The second kappa shape index (κ2) is 7.53. The normalized spacial score (nSPS) is 8.68. The van der Waals surface area contributed by atoms with Crippen LogP contribution < -0.4 is 0 Å². The first-order valence-corrected chi connectivity index (χ1v) is 5.53. The van der Waals surface area contributed by atoms with Crippen molar-refractivity contribution in [1.29, 1.82) is 0 Å². The Kier molecular flexibility index (Phi) is 5.66. The fourth-order valence-electron chi connectivity index (χ4n) is 1.22. The predicted molar refractivity (Wildman–Crippen MR) is 72.8 cm³/mol. The number of aromatic hydroxyl groups is 1. The number of phenolic OH excluding ortho intramolecular Hbond substituents is 1. The van der Waals surface area contributed by atoms with Crippen molar-refractivity contribution in [1.82, 2.24) is 0 Å². The number of carbonyl (C=O) groups excluding carboxylic acids is 1. The van der Waals surface area contributed by atoms with E-state index < -0.39 is 5.91 Å². The Hall–Kier alpha value is -2.78. The van der Waals surface area contributed by atoms with Gasteiger partial charge in [0.2, 0.25) is 5.91 Å². The molecule has 0 aliphatic carbocycles. The topological polar surface area (TPSA) is 86.1 Å². The van der Waals surface area contributed by atoms with Crippen LogP contribution in [0, 0.1) is 6.92 Å². The van der Waals surface area contributed by atoms with E-state index in [0.717, 1.165) is 5.56 Å². The number of azide groups is 1. The molecule has 0 saturated carbocycles. The van der Waals surface area contributed by atoms with Crippen molar-refractivity contribution >= 4 is 5.91 Å². The van der Waals surface area contributed by atoms with Crippen molar-refractivity contribution in [2.24, 2.45) is 5.11 Å². The molecule has 0 heterocycles. The molecule has 0 saturated heterocycles. The lowest BCUT2D eigenvalue weighted by atomic mass is 10.1. The number of rotatable bonds is 1. The number of amides is 1. The number of carbonyl (C=O) groups is 1. The molecule has 2 aromatic rings. The molecule has 2 rings (SSSR count). The third-order valence-corrected chi connectivity index (χ3v) is 2.19. The average Bonchev–Trinajstić information content (AvgIpc) is 2.41. The molecule has 0 radical (unpaired) electrons. The lowest BCUT2D eigenvalue weighted by Gasteiger charge is -1.93. The van der Waals surface area contributed by atoms with Gasteiger partial charge in [-0.1, -0.05) is 48.0 Å². The molecule has 0 fully saturated rings. The van der Waals surface area contributed by atoms with Gasteiger partial charge in [-0.2, -0.15) is 0 Å². The summed E-state index contributed by atoms with van der Waals surface area (Å²) >= 11 is 0. The first kappa shape index (κ1) is 14.3. The highest BCUT2D eigenvalue weighted by molar-refractivity contribution is 5.94. The Morgan fingerprint density at radius 1 is 1.11 bits per heavy atom. The van der Waals surface area contributed by atoms with Gasteiger partial charge in [0, 0.05) is 10.5 Å². The van der Waals surface area contributed by atoms with E-state index >= 15 is 0 Å². The number of para-hydroxylation sites is 1. The first-order chi connectivity index (χ1) is 9.13. The van der Waals surface area contributed by atoms with E-state index in [1.165, 1.54) is 0 Å². The van der Waals surface area contributed by atoms with Crippen LogP contribution >= 0.6 is 0 Å². The number of hydrogen-bond donors (Lipinski definition) is 1. The predicted octanol–water partition coefficient (Wildman–Crippen LogP) is 3.84. The maximum absolute atomic E-state index is 10.9. The minimum atomic E-state index is -0.544. The molecule has 5 heteroatoms. The highest BCUT2D eigenvalue weighted by Gasteiger charge is 2.00. The van der Waals surface area contributed by atoms with Crippen LogP contribution in [-0.2, 0) is 0 Å². The zero-order valence-electron chi connectivity index (χ0n) is 10.4. The number of nitrogens with zero attached hydrogens (tertiary/aromatic N) is 3. The lowest BCUT2D eigenvalue weighted by molar-refractivity contribution is 0.100. The minimum Gasteiger partial charge on any atom is -0.508 e. The fourth-order valence-corrected chi connectivity index (χ4v) is 1.22. The van der Waals surface area contributed by atoms with E-state index in [9.17, 15) is 4.79 Å². The molecule has 0 spiro atoms. The fraction of sp³-hybridized carbons (Fsp3) is 0.0714. The number of benzene rings is 2. The van der Waals surface area contributed by atoms with Crippen LogP contribution in [0.2, 0.25) is 0 Å². The van der Waals surface area contributed by atoms with Crippen LogP contribution in [0.15, 0.2) is 59.7 Å². The van der Waals surface area contributed by atoms with Crippen molar-refractivity contribution in [2.45, 2.75) is 6.92 Å². The van der Waals surface area contributed by atoms with Crippen LogP contribution in [0.1, 0.15) is 15.9 Å². The molecule has 0 aliphatic rings. The van der Waals surface area contributed by atoms with E-state index in [-0.39, 0.29) is 0 Å². The van der Waals surface area contributed by atoms with Crippen LogP contribution in [-0.4, -0.2) is 11.0 Å². The third-order valence-electron chi connectivity index (χ3n) is 2.19. The summed E-state index contributed by atoms with van der Waals surface area (Å²) in [6.07, 6.45) is 0. The van der Waals surface area contributed by atoms with Crippen molar-refractivity contribution in [2.75, 3.05) is 0 Å². The molecular weight excluding hydrogens is 242 g/mol. The number of aryl methyl sites for hydroxylation is 1. The Morgan fingerprint density at radius 2 is 1.68 bits per heavy atom. The standard InChI is InChI=1S/C8H7N3O.C6H6O/c1-6-2-4-7(5-3-6)8(12)10-11-9;7-6-4-2-1-3-5-6/h2-5H,1H3;1-5,7H. The van der Waals surface area contributed by atoms with Crippen LogP contribution in [0.3, 0.4) is 0 Å². The van der Waals surface area contributed by atoms with Gasteiger partial charge in [0.05, 0.1) is 0 Å². The van der Waals surface area contributed by atoms with Crippen molar-refractivity contribution < 1.29 is 9.90 Å². The molecule has 19 heavy (non-hydrogen) atoms. The van der Waals surface area contributed by atoms with Gasteiger partial charge in [-0.05, 0) is 29.7 Å². The summed E-state index contributed by atoms with van der Waals surface area (Å²) in [7, 11) is 0. The van der Waals surface area contributed by atoms with Gasteiger partial charge in [0.25, 0.3) is 0 Å². The summed E-state index contributed by atoms with van der Waals surface area (Å²) in [4.78, 5) is 13.3. The Balaban J connectivity index is 0.000000218. The van der Waals surface area contributed by atoms with Crippen molar-refractivity contribution in [3.63, 3.8) is 0 Å².